The second-order valence-corrected chi connectivity index (χ2v) is 4.35. The Morgan fingerprint density at radius 2 is 1.75 bits per heavy atom. The van der Waals surface area contributed by atoms with Gasteiger partial charge in [0.25, 0.3) is 11.4 Å². The van der Waals surface area contributed by atoms with Crippen molar-refractivity contribution in [2.24, 2.45) is 5.73 Å². The van der Waals surface area contributed by atoms with Crippen molar-refractivity contribution in [3.05, 3.63) is 38.4 Å². The van der Waals surface area contributed by atoms with Crippen LogP contribution >= 0.6 is 0 Å². The number of anilines is 1. The van der Waals surface area contributed by atoms with Gasteiger partial charge in [-0.2, -0.15) is 0 Å². The molecule has 0 saturated heterocycles. The number of nitro benzene ring substituents is 2. The van der Waals surface area contributed by atoms with Crippen LogP contribution in [-0.4, -0.2) is 22.9 Å². The van der Waals surface area contributed by atoms with E-state index in [1.807, 2.05) is 0 Å². The second kappa shape index (κ2) is 8.05. The highest BCUT2D eigenvalue weighted by atomic mass is 16.6. The predicted molar refractivity (Wildman–Crippen MR) is 75.8 cm³/mol. The predicted octanol–water partition coefficient (Wildman–Crippen LogP) is 2.43. The zero-order chi connectivity index (χ0) is 15.0. The fraction of sp³-hybridized carbons (Fsp3) is 0.500. The minimum Gasteiger partial charge on any atom is -0.379 e. The summed E-state index contributed by atoms with van der Waals surface area (Å²) in [4.78, 5) is 20.2. The number of rotatable bonds is 9. The molecule has 8 nitrogen and oxygen atoms in total. The minimum atomic E-state index is -0.649. The summed E-state index contributed by atoms with van der Waals surface area (Å²) in [6.07, 6.45) is 3.86. The van der Waals surface area contributed by atoms with Gasteiger partial charge >= 0.3 is 0 Å². The van der Waals surface area contributed by atoms with Crippen molar-refractivity contribution in [1.29, 1.82) is 0 Å². The topological polar surface area (TPSA) is 124 Å². The van der Waals surface area contributed by atoms with Crippen LogP contribution in [0.15, 0.2) is 18.2 Å². The third-order valence-corrected chi connectivity index (χ3v) is 2.84. The molecule has 0 bridgehead atoms. The van der Waals surface area contributed by atoms with Crippen LogP contribution in [0.4, 0.5) is 17.1 Å². The molecule has 0 atom stereocenters. The monoisotopic (exact) mass is 282 g/mol. The maximum atomic E-state index is 10.9. The van der Waals surface area contributed by atoms with Gasteiger partial charge in [0.1, 0.15) is 5.69 Å². The lowest BCUT2D eigenvalue weighted by molar-refractivity contribution is -0.393. The second-order valence-electron chi connectivity index (χ2n) is 4.35. The van der Waals surface area contributed by atoms with E-state index in [0.717, 1.165) is 31.7 Å². The minimum absolute atomic E-state index is 0.277. The van der Waals surface area contributed by atoms with Gasteiger partial charge in [-0.15, -0.1) is 0 Å². The number of nitrogens with zero attached hydrogens (tertiary/aromatic N) is 2. The first kappa shape index (κ1) is 15.8. The summed E-state index contributed by atoms with van der Waals surface area (Å²) in [7, 11) is 0. The number of non-ortho nitro benzene ring substituents is 1. The van der Waals surface area contributed by atoms with Gasteiger partial charge in [0.2, 0.25) is 0 Å². The average molecular weight is 282 g/mol. The van der Waals surface area contributed by atoms with Crippen LogP contribution in [0.2, 0.25) is 0 Å². The molecule has 110 valence electrons. The largest absolute Gasteiger partial charge is 0.379 e. The van der Waals surface area contributed by atoms with Gasteiger partial charge in [0, 0.05) is 12.6 Å². The lowest BCUT2D eigenvalue weighted by Gasteiger charge is -2.06. The first-order valence-electron chi connectivity index (χ1n) is 6.43. The standard InChI is InChI=1S/C12H18N4O4/c13-7-3-1-2-4-8-14-11-6-5-10(15(17)18)9-12(11)16(19)20/h5-6,9,14H,1-4,7-8,13H2. The molecule has 0 saturated carbocycles. The Bertz CT molecular complexity index is 479. The molecule has 1 rings (SSSR count). The molecule has 0 spiro atoms. The van der Waals surface area contributed by atoms with Crippen LogP contribution in [0.3, 0.4) is 0 Å². The van der Waals surface area contributed by atoms with Crippen molar-refractivity contribution in [2.75, 3.05) is 18.4 Å². The van der Waals surface area contributed by atoms with Crippen molar-refractivity contribution in [3.63, 3.8) is 0 Å². The van der Waals surface area contributed by atoms with E-state index >= 15 is 0 Å². The van der Waals surface area contributed by atoms with Crippen LogP contribution in [0.1, 0.15) is 25.7 Å². The van der Waals surface area contributed by atoms with E-state index in [1.54, 1.807) is 0 Å². The molecular formula is C12H18N4O4. The molecule has 0 fully saturated rings. The van der Waals surface area contributed by atoms with E-state index in [2.05, 4.69) is 5.32 Å². The van der Waals surface area contributed by atoms with Crippen LogP contribution in [-0.2, 0) is 0 Å². The van der Waals surface area contributed by atoms with Crippen LogP contribution in [0, 0.1) is 20.2 Å². The van der Waals surface area contributed by atoms with Crippen molar-refractivity contribution in [1.82, 2.24) is 0 Å². The summed E-state index contributed by atoms with van der Waals surface area (Å²) in [6.45, 7) is 1.25. The average Bonchev–Trinajstić information content (AvgIpc) is 2.42. The summed E-state index contributed by atoms with van der Waals surface area (Å²) in [6, 6.07) is 3.59. The molecule has 1 aromatic rings. The number of nitrogens with one attached hydrogen (secondary N) is 1. The third-order valence-electron chi connectivity index (χ3n) is 2.84. The number of hydrogen-bond donors (Lipinski definition) is 2. The van der Waals surface area contributed by atoms with Gasteiger partial charge in [0.15, 0.2) is 0 Å². The van der Waals surface area contributed by atoms with Gasteiger partial charge in [-0.1, -0.05) is 12.8 Å². The molecule has 0 radical (unpaired) electrons. The normalized spacial score (nSPS) is 10.2. The molecular weight excluding hydrogens is 264 g/mol. The van der Waals surface area contributed by atoms with E-state index < -0.39 is 9.85 Å². The quantitative estimate of drug-likeness (QED) is 0.407. The Balaban J connectivity index is 2.60. The molecule has 3 N–H and O–H groups in total. The first-order chi connectivity index (χ1) is 9.56. The van der Waals surface area contributed by atoms with E-state index in [-0.39, 0.29) is 11.4 Å². The number of hydrogen-bond acceptors (Lipinski definition) is 6. The SMILES string of the molecule is NCCCCCCNc1ccc([N+](=O)[O-])cc1[N+](=O)[O-]. The molecule has 20 heavy (non-hydrogen) atoms. The fourth-order valence-electron chi connectivity index (χ4n) is 1.78. The summed E-state index contributed by atoms with van der Waals surface area (Å²) >= 11 is 0. The molecule has 0 aromatic heterocycles. The van der Waals surface area contributed by atoms with Crippen LogP contribution in [0.5, 0.6) is 0 Å². The highest BCUT2D eigenvalue weighted by Gasteiger charge is 2.18. The smallest absolute Gasteiger partial charge is 0.299 e. The maximum Gasteiger partial charge on any atom is 0.299 e. The summed E-state index contributed by atoms with van der Waals surface area (Å²) in [5.41, 5.74) is 5.12. The summed E-state index contributed by atoms with van der Waals surface area (Å²) in [5.74, 6) is 0. The molecule has 0 aliphatic rings. The van der Waals surface area contributed by atoms with E-state index in [4.69, 9.17) is 5.73 Å². The Morgan fingerprint density at radius 1 is 1.05 bits per heavy atom. The fourth-order valence-corrected chi connectivity index (χ4v) is 1.78. The zero-order valence-electron chi connectivity index (χ0n) is 11.1. The van der Waals surface area contributed by atoms with Crippen molar-refractivity contribution >= 4 is 17.1 Å². The Morgan fingerprint density at radius 3 is 2.35 bits per heavy atom. The van der Waals surface area contributed by atoms with E-state index in [1.165, 1.54) is 12.1 Å². The van der Waals surface area contributed by atoms with Crippen LogP contribution in [0.25, 0.3) is 0 Å². The Labute approximate surface area is 116 Å². The summed E-state index contributed by atoms with van der Waals surface area (Å²) in [5, 5.41) is 24.4. The maximum absolute atomic E-state index is 10.9. The molecule has 0 unspecified atom stereocenters. The molecule has 1 aromatic carbocycles. The van der Waals surface area contributed by atoms with Crippen LogP contribution < -0.4 is 11.1 Å². The first-order valence-corrected chi connectivity index (χ1v) is 6.43. The molecule has 8 heteroatoms. The van der Waals surface area contributed by atoms with Crippen molar-refractivity contribution in [3.8, 4) is 0 Å². The number of unbranched alkanes of at least 4 members (excludes halogenated alkanes) is 3. The Hall–Kier alpha value is -2.22. The van der Waals surface area contributed by atoms with Gasteiger partial charge in [-0.05, 0) is 25.5 Å². The van der Waals surface area contributed by atoms with Gasteiger partial charge in [-0.3, -0.25) is 20.2 Å². The highest BCUT2D eigenvalue weighted by Crippen LogP contribution is 2.28. The lowest BCUT2D eigenvalue weighted by Crippen LogP contribution is -2.05. The highest BCUT2D eigenvalue weighted by molar-refractivity contribution is 5.65. The zero-order valence-corrected chi connectivity index (χ0v) is 11.1. The van der Waals surface area contributed by atoms with Gasteiger partial charge in [0.05, 0.1) is 15.9 Å². The molecule has 0 aliphatic carbocycles. The van der Waals surface area contributed by atoms with E-state index in [0.29, 0.717) is 18.8 Å². The third kappa shape index (κ3) is 4.81. The van der Waals surface area contributed by atoms with Crippen molar-refractivity contribution < 1.29 is 9.85 Å². The lowest BCUT2D eigenvalue weighted by atomic mass is 10.2. The number of nitro groups is 2. The van der Waals surface area contributed by atoms with Gasteiger partial charge in [-0.25, -0.2) is 0 Å². The summed E-state index contributed by atoms with van der Waals surface area (Å²) < 4.78 is 0. The number of nitrogens with two attached hydrogens (primary N) is 1. The Kier molecular flexibility index (Phi) is 6.38. The van der Waals surface area contributed by atoms with E-state index in [9.17, 15) is 20.2 Å². The number of benzene rings is 1. The molecule has 0 heterocycles. The molecule has 0 amide bonds. The molecule has 0 aliphatic heterocycles. The van der Waals surface area contributed by atoms with Crippen molar-refractivity contribution in [2.45, 2.75) is 25.7 Å². The van der Waals surface area contributed by atoms with Gasteiger partial charge < -0.3 is 11.1 Å².